The first-order valence-electron chi connectivity index (χ1n) is 8.61. The quantitative estimate of drug-likeness (QED) is 0.919. The van der Waals surface area contributed by atoms with Gasteiger partial charge in [0.25, 0.3) is 5.91 Å². The fourth-order valence-corrected chi connectivity index (χ4v) is 3.90. The van der Waals surface area contributed by atoms with E-state index in [2.05, 4.69) is 15.3 Å². The van der Waals surface area contributed by atoms with E-state index in [0.29, 0.717) is 5.69 Å². The number of rotatable bonds is 2. The lowest BCUT2D eigenvalue weighted by Crippen LogP contribution is -2.46. The van der Waals surface area contributed by atoms with Crippen molar-refractivity contribution in [1.82, 2.24) is 15.3 Å². The van der Waals surface area contributed by atoms with Crippen LogP contribution in [0.1, 0.15) is 60.6 Å². The summed E-state index contributed by atoms with van der Waals surface area (Å²) in [5.41, 5.74) is 1.25. The molecule has 1 aromatic heterocycles. The second kappa shape index (κ2) is 6.23. The van der Waals surface area contributed by atoms with Crippen molar-refractivity contribution < 1.29 is 9.53 Å². The zero-order valence-electron chi connectivity index (χ0n) is 13.6. The first-order valence-corrected chi connectivity index (χ1v) is 8.61. The van der Waals surface area contributed by atoms with Gasteiger partial charge in [-0.05, 0) is 31.7 Å². The minimum Gasteiger partial charge on any atom is -0.487 e. The lowest BCUT2D eigenvalue weighted by molar-refractivity contribution is -0.00212. The summed E-state index contributed by atoms with van der Waals surface area (Å²) in [6.45, 7) is 0. The van der Waals surface area contributed by atoms with E-state index in [0.717, 1.165) is 30.6 Å². The number of ether oxygens (including phenoxy) is 1. The number of hydrogen-bond donors (Lipinski definition) is 1. The van der Waals surface area contributed by atoms with Crippen molar-refractivity contribution in [2.45, 2.75) is 50.2 Å². The molecule has 2 aliphatic rings. The molecule has 1 fully saturated rings. The molecule has 5 nitrogen and oxygen atoms in total. The molecule has 1 amide bonds. The molecule has 0 saturated heterocycles. The third-order valence-electron chi connectivity index (χ3n) is 5.06. The average Bonchev–Trinajstić information content (AvgIpc) is 2.63. The molecule has 2 heterocycles. The maximum Gasteiger partial charge on any atom is 0.271 e. The Labute approximate surface area is 141 Å². The number of aromatic nitrogens is 2. The SMILES string of the molecule is O=C(N[C@H]1CC2(CCCCC2)Oc2ccccc21)c1cnccn1. The number of nitrogens with zero attached hydrogens (tertiary/aromatic N) is 2. The normalized spacial score (nSPS) is 21.6. The van der Waals surface area contributed by atoms with Crippen LogP contribution in [0.5, 0.6) is 5.75 Å². The smallest absolute Gasteiger partial charge is 0.271 e. The third kappa shape index (κ3) is 2.86. The fraction of sp³-hybridized carbons (Fsp3) is 0.421. The Hall–Kier alpha value is -2.43. The first-order chi connectivity index (χ1) is 11.8. The molecular formula is C19H21N3O2. The zero-order chi connectivity index (χ0) is 16.4. The van der Waals surface area contributed by atoms with Gasteiger partial charge in [-0.2, -0.15) is 0 Å². The molecule has 0 radical (unpaired) electrons. The van der Waals surface area contributed by atoms with Crippen LogP contribution in [-0.4, -0.2) is 21.5 Å². The lowest BCUT2D eigenvalue weighted by Gasteiger charge is -2.44. The fourth-order valence-electron chi connectivity index (χ4n) is 3.90. The van der Waals surface area contributed by atoms with Gasteiger partial charge in [0.05, 0.1) is 12.2 Å². The summed E-state index contributed by atoms with van der Waals surface area (Å²) in [4.78, 5) is 20.6. The summed E-state index contributed by atoms with van der Waals surface area (Å²) in [5.74, 6) is 0.714. The number of hydrogen-bond acceptors (Lipinski definition) is 4. The third-order valence-corrected chi connectivity index (χ3v) is 5.06. The molecule has 1 saturated carbocycles. The van der Waals surface area contributed by atoms with Gasteiger partial charge in [0.2, 0.25) is 0 Å². The maximum atomic E-state index is 12.5. The van der Waals surface area contributed by atoms with E-state index in [-0.39, 0.29) is 17.6 Å². The van der Waals surface area contributed by atoms with Crippen LogP contribution in [0.3, 0.4) is 0 Å². The van der Waals surface area contributed by atoms with Crippen LogP contribution in [-0.2, 0) is 0 Å². The largest absolute Gasteiger partial charge is 0.487 e. The van der Waals surface area contributed by atoms with Gasteiger partial charge in [-0.15, -0.1) is 0 Å². The number of amides is 1. The van der Waals surface area contributed by atoms with Gasteiger partial charge in [-0.25, -0.2) is 4.98 Å². The Balaban J connectivity index is 1.62. The highest BCUT2D eigenvalue weighted by atomic mass is 16.5. The van der Waals surface area contributed by atoms with Crippen LogP contribution in [0.15, 0.2) is 42.9 Å². The summed E-state index contributed by atoms with van der Waals surface area (Å²) in [5, 5.41) is 3.14. The van der Waals surface area contributed by atoms with Crippen LogP contribution in [0.4, 0.5) is 0 Å². The highest BCUT2D eigenvalue weighted by Gasteiger charge is 2.42. The summed E-state index contributed by atoms with van der Waals surface area (Å²) < 4.78 is 6.40. The summed E-state index contributed by atoms with van der Waals surface area (Å²) in [6, 6.07) is 7.96. The Bertz CT molecular complexity index is 726. The van der Waals surface area contributed by atoms with Gasteiger partial charge >= 0.3 is 0 Å². The number of nitrogens with one attached hydrogen (secondary N) is 1. The molecule has 1 spiro atoms. The van der Waals surface area contributed by atoms with Crippen LogP contribution in [0.25, 0.3) is 0 Å². The monoisotopic (exact) mass is 323 g/mol. The first kappa shape index (κ1) is 15.1. The average molecular weight is 323 g/mol. The zero-order valence-corrected chi connectivity index (χ0v) is 13.6. The van der Waals surface area contributed by atoms with E-state index in [1.165, 1.54) is 31.7 Å². The van der Waals surface area contributed by atoms with Crippen molar-refractivity contribution >= 4 is 5.91 Å². The van der Waals surface area contributed by atoms with Crippen molar-refractivity contribution in [3.05, 3.63) is 54.1 Å². The van der Waals surface area contributed by atoms with Crippen LogP contribution < -0.4 is 10.1 Å². The molecule has 5 heteroatoms. The topological polar surface area (TPSA) is 64.1 Å². The molecule has 1 aliphatic heterocycles. The van der Waals surface area contributed by atoms with Gasteiger partial charge in [0.1, 0.15) is 17.0 Å². The van der Waals surface area contributed by atoms with Crippen LogP contribution in [0.2, 0.25) is 0 Å². The van der Waals surface area contributed by atoms with Gasteiger partial charge in [-0.1, -0.05) is 24.6 Å². The molecule has 0 unspecified atom stereocenters. The van der Waals surface area contributed by atoms with E-state index in [1.54, 1.807) is 6.20 Å². The van der Waals surface area contributed by atoms with Crippen LogP contribution >= 0.6 is 0 Å². The number of fused-ring (bicyclic) bond motifs is 1. The van der Waals surface area contributed by atoms with Crippen molar-refractivity contribution in [2.24, 2.45) is 0 Å². The van der Waals surface area contributed by atoms with Crippen molar-refractivity contribution in [1.29, 1.82) is 0 Å². The minimum absolute atomic E-state index is 0.0532. The van der Waals surface area contributed by atoms with Gasteiger partial charge < -0.3 is 10.1 Å². The van der Waals surface area contributed by atoms with Crippen molar-refractivity contribution in [3.63, 3.8) is 0 Å². The summed E-state index contributed by atoms with van der Waals surface area (Å²) in [6.07, 6.45) is 11.2. The Morgan fingerprint density at radius 3 is 2.79 bits per heavy atom. The number of para-hydroxylation sites is 1. The molecular weight excluding hydrogens is 302 g/mol. The highest BCUT2D eigenvalue weighted by molar-refractivity contribution is 5.92. The second-order valence-electron chi connectivity index (χ2n) is 6.70. The Morgan fingerprint density at radius 2 is 2.00 bits per heavy atom. The number of carbonyl (C=O) groups excluding carboxylic acids is 1. The van der Waals surface area contributed by atoms with Gasteiger partial charge in [0.15, 0.2) is 0 Å². The van der Waals surface area contributed by atoms with Crippen LogP contribution in [0, 0.1) is 0 Å². The molecule has 124 valence electrons. The lowest BCUT2D eigenvalue weighted by atomic mass is 9.77. The van der Waals surface area contributed by atoms with E-state index in [4.69, 9.17) is 4.74 Å². The minimum atomic E-state index is -0.184. The molecule has 1 aliphatic carbocycles. The molecule has 0 bridgehead atoms. The summed E-state index contributed by atoms with van der Waals surface area (Å²) in [7, 11) is 0. The van der Waals surface area contributed by atoms with E-state index >= 15 is 0 Å². The van der Waals surface area contributed by atoms with Gasteiger partial charge in [-0.3, -0.25) is 9.78 Å². The Morgan fingerprint density at radius 1 is 1.17 bits per heavy atom. The molecule has 1 aromatic carbocycles. The predicted molar refractivity (Wildman–Crippen MR) is 89.7 cm³/mol. The molecule has 24 heavy (non-hydrogen) atoms. The second-order valence-corrected chi connectivity index (χ2v) is 6.70. The van der Waals surface area contributed by atoms with E-state index in [9.17, 15) is 4.79 Å². The molecule has 1 atom stereocenters. The number of carbonyl (C=O) groups is 1. The predicted octanol–water partition coefficient (Wildman–Crippen LogP) is 3.43. The van der Waals surface area contributed by atoms with E-state index < -0.39 is 0 Å². The van der Waals surface area contributed by atoms with E-state index in [1.807, 2.05) is 24.3 Å². The highest BCUT2D eigenvalue weighted by Crippen LogP contribution is 2.46. The van der Waals surface area contributed by atoms with Crippen molar-refractivity contribution in [3.8, 4) is 5.75 Å². The molecule has 4 rings (SSSR count). The standard InChI is InChI=1S/C19H21N3O2/c23-18(16-13-20-10-11-21-16)22-15-12-19(8-4-1-5-9-19)24-17-7-3-2-6-14(15)17/h2-3,6-7,10-11,13,15H,1,4-5,8-9,12H2,(H,22,23)/t15-/m0/s1. The molecule has 2 aromatic rings. The Kier molecular flexibility index (Phi) is 3.92. The number of benzene rings is 1. The van der Waals surface area contributed by atoms with Gasteiger partial charge in [0, 0.05) is 24.4 Å². The maximum absolute atomic E-state index is 12.5. The molecule has 1 N–H and O–H groups in total. The van der Waals surface area contributed by atoms with Crippen molar-refractivity contribution in [2.75, 3.05) is 0 Å². The summed E-state index contributed by atoms with van der Waals surface area (Å²) >= 11 is 0.